The first-order valence-electron chi connectivity index (χ1n) is 25.7. The Bertz CT molecular complexity index is 4970. The van der Waals surface area contributed by atoms with Gasteiger partial charge in [0, 0.05) is 60.2 Å². The molecule has 16 rings (SSSR count). The van der Waals surface area contributed by atoms with Crippen molar-refractivity contribution < 1.29 is 8.83 Å². The van der Waals surface area contributed by atoms with Crippen molar-refractivity contribution in [1.29, 1.82) is 0 Å². The molecule has 0 saturated carbocycles. The van der Waals surface area contributed by atoms with Crippen LogP contribution >= 0.6 is 0 Å². The number of rotatable bonds is 7. The van der Waals surface area contributed by atoms with Crippen LogP contribution in [0.2, 0.25) is 0 Å². The summed E-state index contributed by atoms with van der Waals surface area (Å²) >= 11 is 0. The van der Waals surface area contributed by atoms with Gasteiger partial charge in [0.1, 0.15) is 16.7 Å². The summed E-state index contributed by atoms with van der Waals surface area (Å²) in [6.07, 6.45) is 0. The third-order valence-electron chi connectivity index (χ3n) is 15.4. The second-order valence-electron chi connectivity index (χ2n) is 19.7. The van der Waals surface area contributed by atoms with Crippen molar-refractivity contribution in [1.82, 2.24) is 19.1 Å². The lowest BCUT2D eigenvalue weighted by Gasteiger charge is -2.09. The van der Waals surface area contributed by atoms with Crippen molar-refractivity contribution >= 4 is 87.6 Å². The largest absolute Gasteiger partial charge is 0.456 e. The van der Waals surface area contributed by atoms with E-state index in [2.05, 4.69) is 234 Å². The highest BCUT2D eigenvalue weighted by Gasteiger charge is 2.23. The molecule has 5 aromatic heterocycles. The molecule has 0 spiro atoms. The Kier molecular flexibility index (Phi) is 9.23. The molecule has 76 heavy (non-hydrogen) atoms. The van der Waals surface area contributed by atoms with Gasteiger partial charge in [-0.2, -0.15) is 4.98 Å². The van der Waals surface area contributed by atoms with E-state index in [4.69, 9.17) is 18.8 Å². The molecule has 354 valence electrons. The van der Waals surface area contributed by atoms with Crippen molar-refractivity contribution in [2.24, 2.45) is 0 Å². The average molecular weight is 971 g/mol. The van der Waals surface area contributed by atoms with Crippen LogP contribution in [-0.4, -0.2) is 19.1 Å². The van der Waals surface area contributed by atoms with E-state index in [-0.39, 0.29) is 0 Å². The van der Waals surface area contributed by atoms with Crippen LogP contribution in [0.3, 0.4) is 0 Å². The Hall–Kier alpha value is -10.3. The van der Waals surface area contributed by atoms with Gasteiger partial charge in [0.25, 0.3) is 0 Å². The lowest BCUT2D eigenvalue weighted by Crippen LogP contribution is -1.94. The highest BCUT2D eigenvalue weighted by atomic mass is 16.3. The van der Waals surface area contributed by atoms with Crippen LogP contribution in [0.25, 0.3) is 155 Å². The Morgan fingerprint density at radius 1 is 0.276 bits per heavy atom. The zero-order valence-corrected chi connectivity index (χ0v) is 40.9. The minimum atomic E-state index is 0.539. The maximum atomic E-state index is 6.64. The van der Waals surface area contributed by atoms with E-state index in [1.54, 1.807) is 0 Å². The van der Waals surface area contributed by atoms with Gasteiger partial charge in [-0.05, 0) is 130 Å². The van der Waals surface area contributed by atoms with E-state index >= 15 is 0 Å². The van der Waals surface area contributed by atoms with Crippen LogP contribution in [0.1, 0.15) is 0 Å². The number of fused-ring (bicyclic) bond motifs is 12. The summed E-state index contributed by atoms with van der Waals surface area (Å²) in [4.78, 5) is 10.7. The van der Waals surface area contributed by atoms with Gasteiger partial charge < -0.3 is 18.0 Å². The van der Waals surface area contributed by atoms with Gasteiger partial charge in [0.15, 0.2) is 5.82 Å². The van der Waals surface area contributed by atoms with E-state index in [1.165, 1.54) is 38.1 Å². The molecule has 0 bridgehead atoms. The van der Waals surface area contributed by atoms with Gasteiger partial charge in [0.2, 0.25) is 5.71 Å². The minimum absolute atomic E-state index is 0.539. The fourth-order valence-electron chi connectivity index (χ4n) is 11.8. The van der Waals surface area contributed by atoms with Gasteiger partial charge in [-0.15, -0.1) is 0 Å². The highest BCUT2D eigenvalue weighted by molar-refractivity contribution is 6.17. The standard InChI is InChI=1S/C70H42N4O2/c1-5-16-43(17-6-1)45-31-37-64-58(41-45)67-68(44-18-7-2-8-19-44)71-69(72-70(67)76-64)53-25-15-27-65-66(53)57-42-49(32-36-63(57)75-65)48-30-35-62-56(40-48)55-39-47(29-34-61(55)74(62)51-22-11-4-12-23-51)46-28-33-60-54(38-46)52-24-13-14-26-59(52)73(60)50-20-9-3-10-21-50/h1-42H. The van der Waals surface area contributed by atoms with Crippen LogP contribution in [0.15, 0.2) is 264 Å². The van der Waals surface area contributed by atoms with Gasteiger partial charge in [-0.25, -0.2) is 4.98 Å². The van der Waals surface area contributed by atoms with E-state index < -0.39 is 0 Å². The molecular formula is C70H42N4O2. The molecule has 0 saturated heterocycles. The summed E-state index contributed by atoms with van der Waals surface area (Å²) in [5.74, 6) is 0.569. The normalized spacial score (nSPS) is 11.9. The SMILES string of the molecule is c1ccc(-c2ccc3oc4nc(-c5cccc6oc7ccc(-c8ccc9c(c8)c8cc(-c%10ccc%11c(c%10)c%10ccccc%10n%11-c%10ccccc%10)ccc8n9-c8ccccc8)cc7c56)nc(-c5ccccc5)c4c3c2)cc1. The van der Waals surface area contributed by atoms with Gasteiger partial charge >= 0.3 is 0 Å². The Balaban J connectivity index is 0.853. The van der Waals surface area contributed by atoms with Crippen molar-refractivity contribution in [3.8, 4) is 67.4 Å². The third-order valence-corrected chi connectivity index (χ3v) is 15.4. The predicted octanol–water partition coefficient (Wildman–Crippen LogP) is 18.8. The molecule has 0 aliphatic rings. The summed E-state index contributed by atoms with van der Waals surface area (Å²) in [6.45, 7) is 0. The Labute approximate surface area is 435 Å². The fourth-order valence-corrected chi connectivity index (χ4v) is 11.8. The smallest absolute Gasteiger partial charge is 0.231 e. The first-order valence-corrected chi connectivity index (χ1v) is 25.7. The van der Waals surface area contributed by atoms with Crippen LogP contribution < -0.4 is 0 Å². The molecule has 0 fully saturated rings. The van der Waals surface area contributed by atoms with Crippen LogP contribution in [0.5, 0.6) is 0 Å². The van der Waals surface area contributed by atoms with E-state index in [0.717, 1.165) is 105 Å². The van der Waals surface area contributed by atoms with Gasteiger partial charge in [-0.1, -0.05) is 158 Å². The molecule has 0 aliphatic carbocycles. The van der Waals surface area contributed by atoms with E-state index in [0.29, 0.717) is 11.5 Å². The minimum Gasteiger partial charge on any atom is -0.456 e. The van der Waals surface area contributed by atoms with Gasteiger partial charge in [-0.3, -0.25) is 0 Å². The van der Waals surface area contributed by atoms with Crippen molar-refractivity contribution in [2.45, 2.75) is 0 Å². The van der Waals surface area contributed by atoms with Crippen LogP contribution in [0.4, 0.5) is 0 Å². The molecule has 11 aromatic carbocycles. The maximum absolute atomic E-state index is 6.64. The van der Waals surface area contributed by atoms with Gasteiger partial charge in [0.05, 0.1) is 33.1 Å². The van der Waals surface area contributed by atoms with E-state index in [9.17, 15) is 0 Å². The zero-order chi connectivity index (χ0) is 49.8. The summed E-state index contributed by atoms with van der Waals surface area (Å²) in [6, 6.07) is 90.5. The molecule has 0 amide bonds. The lowest BCUT2D eigenvalue weighted by atomic mass is 9.98. The number of hydrogen-bond donors (Lipinski definition) is 0. The predicted molar refractivity (Wildman–Crippen MR) is 312 cm³/mol. The van der Waals surface area contributed by atoms with Crippen LogP contribution in [0, 0.1) is 0 Å². The second-order valence-corrected chi connectivity index (χ2v) is 19.7. The average Bonchev–Trinajstić information content (AvgIpc) is 4.31. The zero-order valence-electron chi connectivity index (χ0n) is 40.9. The first kappa shape index (κ1) is 42.2. The third kappa shape index (κ3) is 6.54. The quantitative estimate of drug-likeness (QED) is 0.160. The molecule has 0 radical (unpaired) electrons. The summed E-state index contributed by atoms with van der Waals surface area (Å²) in [5.41, 5.74) is 19.2. The second kappa shape index (κ2) is 16.6. The molecule has 0 N–H and O–H groups in total. The summed E-state index contributed by atoms with van der Waals surface area (Å²) in [7, 11) is 0. The number of aromatic nitrogens is 4. The van der Waals surface area contributed by atoms with E-state index in [1.807, 2.05) is 30.3 Å². The highest BCUT2D eigenvalue weighted by Crippen LogP contribution is 2.44. The fraction of sp³-hybridized carbons (Fsp3) is 0. The molecule has 6 nitrogen and oxygen atoms in total. The Morgan fingerprint density at radius 3 is 1.32 bits per heavy atom. The lowest BCUT2D eigenvalue weighted by molar-refractivity contribution is 0.653. The molecule has 5 heterocycles. The summed E-state index contributed by atoms with van der Waals surface area (Å²) < 4.78 is 18.0. The van der Waals surface area contributed by atoms with Crippen molar-refractivity contribution in [3.63, 3.8) is 0 Å². The molecule has 0 aliphatic heterocycles. The molecule has 0 unspecified atom stereocenters. The topological polar surface area (TPSA) is 61.9 Å². The first-order chi connectivity index (χ1) is 37.7. The van der Waals surface area contributed by atoms with Crippen molar-refractivity contribution in [3.05, 3.63) is 255 Å². The Morgan fingerprint density at radius 2 is 0.724 bits per heavy atom. The number of hydrogen-bond acceptors (Lipinski definition) is 4. The molecule has 16 aromatic rings. The number of nitrogens with zero attached hydrogens (tertiary/aromatic N) is 4. The number of para-hydroxylation sites is 3. The van der Waals surface area contributed by atoms with Crippen molar-refractivity contribution in [2.75, 3.05) is 0 Å². The van der Waals surface area contributed by atoms with Crippen LogP contribution in [-0.2, 0) is 0 Å². The molecular weight excluding hydrogens is 929 g/mol. The number of benzene rings is 11. The number of furan rings is 2. The summed E-state index contributed by atoms with van der Waals surface area (Å²) in [5, 5.41) is 8.63. The maximum Gasteiger partial charge on any atom is 0.231 e. The molecule has 0 atom stereocenters. The molecule has 6 heteroatoms. The monoisotopic (exact) mass is 970 g/mol.